The summed E-state index contributed by atoms with van der Waals surface area (Å²) in [6, 6.07) is 11.0. The number of aryl methyl sites for hydroxylation is 1. The van der Waals surface area contributed by atoms with Gasteiger partial charge in [-0.2, -0.15) is 4.31 Å². The molecule has 1 saturated carbocycles. The van der Waals surface area contributed by atoms with Crippen LogP contribution in [0.4, 0.5) is 4.39 Å². The lowest BCUT2D eigenvalue weighted by atomic mass is 10.1. The highest BCUT2D eigenvalue weighted by Crippen LogP contribution is 2.31. The SMILES string of the molecule is CCN(CC)S(=O)(=O)c1ccc(C)c(C(=O)N(Cc2ccc(F)cc2)C2CC2)c1. The molecule has 1 fully saturated rings. The summed E-state index contributed by atoms with van der Waals surface area (Å²) in [5.41, 5.74) is 1.97. The van der Waals surface area contributed by atoms with Gasteiger partial charge in [-0.3, -0.25) is 4.79 Å². The molecule has 0 radical (unpaired) electrons. The van der Waals surface area contributed by atoms with Gasteiger partial charge in [0.1, 0.15) is 5.82 Å². The Morgan fingerprint density at radius 3 is 2.24 bits per heavy atom. The van der Waals surface area contributed by atoms with Crippen LogP contribution in [-0.2, 0) is 16.6 Å². The number of carbonyl (C=O) groups is 1. The van der Waals surface area contributed by atoms with Gasteiger partial charge in [-0.25, -0.2) is 12.8 Å². The summed E-state index contributed by atoms with van der Waals surface area (Å²) in [7, 11) is -3.65. The second-order valence-corrected chi connectivity index (χ2v) is 9.29. The van der Waals surface area contributed by atoms with Crippen molar-refractivity contribution < 1.29 is 17.6 Å². The third-order valence-electron chi connectivity index (χ3n) is 5.30. The normalized spacial score (nSPS) is 14.2. The van der Waals surface area contributed by atoms with Crippen LogP contribution in [0.25, 0.3) is 0 Å². The molecule has 0 aliphatic heterocycles. The monoisotopic (exact) mass is 418 g/mol. The lowest BCUT2D eigenvalue weighted by molar-refractivity contribution is 0.0729. The maximum Gasteiger partial charge on any atom is 0.254 e. The largest absolute Gasteiger partial charge is 0.331 e. The molecule has 0 N–H and O–H groups in total. The zero-order chi connectivity index (χ0) is 21.2. The van der Waals surface area contributed by atoms with Crippen molar-refractivity contribution in [1.29, 1.82) is 0 Å². The first-order chi connectivity index (χ1) is 13.8. The van der Waals surface area contributed by atoms with Crippen LogP contribution in [0.3, 0.4) is 0 Å². The number of amides is 1. The van der Waals surface area contributed by atoms with Crippen molar-refractivity contribution in [1.82, 2.24) is 9.21 Å². The summed E-state index contributed by atoms with van der Waals surface area (Å²) in [6.45, 7) is 6.50. The minimum Gasteiger partial charge on any atom is -0.331 e. The van der Waals surface area contributed by atoms with E-state index < -0.39 is 10.0 Å². The van der Waals surface area contributed by atoms with E-state index in [4.69, 9.17) is 0 Å². The summed E-state index contributed by atoms with van der Waals surface area (Å²) >= 11 is 0. The van der Waals surface area contributed by atoms with Gasteiger partial charge in [-0.15, -0.1) is 0 Å². The molecular weight excluding hydrogens is 391 g/mol. The molecule has 0 spiro atoms. The standard InChI is InChI=1S/C22H27FN2O3S/c1-4-24(5-2)29(27,28)20-13-6-16(3)21(14-20)22(26)25(19-11-12-19)15-17-7-9-18(23)10-8-17/h6-10,13-14,19H,4-5,11-12,15H2,1-3H3. The van der Waals surface area contributed by atoms with Crippen molar-refractivity contribution in [2.45, 2.75) is 51.1 Å². The van der Waals surface area contributed by atoms with Crippen LogP contribution in [0.5, 0.6) is 0 Å². The van der Waals surface area contributed by atoms with E-state index in [1.807, 2.05) is 6.92 Å². The van der Waals surface area contributed by atoms with E-state index in [0.717, 1.165) is 24.0 Å². The average Bonchev–Trinajstić information content (AvgIpc) is 3.53. The molecule has 1 aliphatic rings. The fraction of sp³-hybridized carbons (Fsp3) is 0.409. The molecule has 0 unspecified atom stereocenters. The maximum atomic E-state index is 13.3. The third-order valence-corrected chi connectivity index (χ3v) is 7.34. The highest BCUT2D eigenvalue weighted by atomic mass is 32.2. The van der Waals surface area contributed by atoms with Gasteiger partial charge in [0.05, 0.1) is 4.90 Å². The molecule has 1 aliphatic carbocycles. The fourth-order valence-corrected chi connectivity index (χ4v) is 4.88. The molecule has 29 heavy (non-hydrogen) atoms. The molecular formula is C22H27FN2O3S. The Labute approximate surface area is 172 Å². The third kappa shape index (κ3) is 4.67. The lowest BCUT2D eigenvalue weighted by Gasteiger charge is -2.24. The Balaban J connectivity index is 1.93. The number of halogens is 1. The molecule has 0 bridgehead atoms. The molecule has 0 heterocycles. The van der Waals surface area contributed by atoms with Crippen LogP contribution in [0.1, 0.15) is 48.2 Å². The van der Waals surface area contributed by atoms with Crippen LogP contribution >= 0.6 is 0 Å². The van der Waals surface area contributed by atoms with E-state index in [9.17, 15) is 17.6 Å². The van der Waals surface area contributed by atoms with E-state index in [2.05, 4.69) is 0 Å². The van der Waals surface area contributed by atoms with Gasteiger partial charge >= 0.3 is 0 Å². The molecule has 3 rings (SSSR count). The second-order valence-electron chi connectivity index (χ2n) is 7.36. The average molecular weight is 419 g/mol. The topological polar surface area (TPSA) is 57.7 Å². The van der Waals surface area contributed by atoms with Gasteiger partial charge in [0.2, 0.25) is 10.0 Å². The highest BCUT2D eigenvalue weighted by Gasteiger charge is 2.34. The first-order valence-corrected chi connectivity index (χ1v) is 11.4. The van der Waals surface area contributed by atoms with Crippen LogP contribution < -0.4 is 0 Å². The number of carbonyl (C=O) groups excluding carboxylic acids is 1. The minimum absolute atomic E-state index is 0.132. The van der Waals surface area contributed by atoms with Crippen LogP contribution in [0.2, 0.25) is 0 Å². The van der Waals surface area contributed by atoms with E-state index in [-0.39, 0.29) is 22.7 Å². The number of hydrogen-bond acceptors (Lipinski definition) is 3. The zero-order valence-corrected chi connectivity index (χ0v) is 17.9. The Morgan fingerprint density at radius 2 is 1.69 bits per heavy atom. The lowest BCUT2D eigenvalue weighted by Crippen LogP contribution is -2.34. The van der Waals surface area contributed by atoms with E-state index in [1.54, 1.807) is 43.0 Å². The van der Waals surface area contributed by atoms with Gasteiger partial charge in [-0.05, 0) is 55.2 Å². The van der Waals surface area contributed by atoms with Gasteiger partial charge in [0, 0.05) is 31.2 Å². The van der Waals surface area contributed by atoms with Crippen molar-refractivity contribution in [2.24, 2.45) is 0 Å². The van der Waals surface area contributed by atoms with E-state index in [0.29, 0.717) is 25.2 Å². The van der Waals surface area contributed by atoms with Crippen molar-refractivity contribution >= 4 is 15.9 Å². The van der Waals surface area contributed by atoms with Crippen molar-refractivity contribution in [3.63, 3.8) is 0 Å². The fourth-order valence-electron chi connectivity index (χ4n) is 3.40. The Kier molecular flexibility index (Phi) is 6.39. The number of sulfonamides is 1. The van der Waals surface area contributed by atoms with Crippen LogP contribution in [-0.4, -0.2) is 42.7 Å². The summed E-state index contributed by atoms with van der Waals surface area (Å²) in [4.78, 5) is 15.2. The molecule has 0 aromatic heterocycles. The van der Waals surface area contributed by atoms with Crippen molar-refractivity contribution in [3.8, 4) is 0 Å². The zero-order valence-electron chi connectivity index (χ0n) is 17.1. The first-order valence-electron chi connectivity index (χ1n) is 9.94. The molecule has 156 valence electrons. The quantitative estimate of drug-likeness (QED) is 0.652. The number of benzene rings is 2. The van der Waals surface area contributed by atoms with Crippen LogP contribution in [0, 0.1) is 12.7 Å². The molecule has 2 aromatic carbocycles. The predicted molar refractivity (Wildman–Crippen MR) is 111 cm³/mol. The Bertz CT molecular complexity index is 982. The van der Waals surface area contributed by atoms with E-state index in [1.165, 1.54) is 22.5 Å². The van der Waals surface area contributed by atoms with Crippen LogP contribution in [0.15, 0.2) is 47.4 Å². The maximum absolute atomic E-state index is 13.3. The number of nitrogens with zero attached hydrogens (tertiary/aromatic N) is 2. The van der Waals surface area contributed by atoms with Gasteiger partial charge < -0.3 is 4.90 Å². The van der Waals surface area contributed by atoms with Gasteiger partial charge in [0.25, 0.3) is 5.91 Å². The molecule has 1 amide bonds. The molecule has 5 nitrogen and oxygen atoms in total. The van der Waals surface area contributed by atoms with E-state index >= 15 is 0 Å². The Morgan fingerprint density at radius 1 is 1.07 bits per heavy atom. The molecule has 0 atom stereocenters. The molecule has 0 saturated heterocycles. The van der Waals surface area contributed by atoms with Gasteiger partial charge in [0.15, 0.2) is 0 Å². The summed E-state index contributed by atoms with van der Waals surface area (Å²) in [5.74, 6) is -0.505. The predicted octanol–water partition coefficient (Wildman–Crippen LogP) is 3.97. The Hall–Kier alpha value is -2.25. The molecule has 2 aromatic rings. The van der Waals surface area contributed by atoms with Crippen molar-refractivity contribution in [3.05, 3.63) is 65.0 Å². The molecule has 7 heteroatoms. The summed E-state index contributed by atoms with van der Waals surface area (Å²) < 4.78 is 40.4. The van der Waals surface area contributed by atoms with Crippen molar-refractivity contribution in [2.75, 3.05) is 13.1 Å². The number of hydrogen-bond donors (Lipinski definition) is 0. The smallest absolute Gasteiger partial charge is 0.254 e. The first kappa shape index (κ1) is 21.5. The highest BCUT2D eigenvalue weighted by molar-refractivity contribution is 7.89. The summed E-state index contributed by atoms with van der Waals surface area (Å²) in [5, 5.41) is 0. The summed E-state index contributed by atoms with van der Waals surface area (Å²) in [6.07, 6.45) is 1.84. The minimum atomic E-state index is -3.65. The second kappa shape index (κ2) is 8.63. The van der Waals surface area contributed by atoms with Gasteiger partial charge in [-0.1, -0.05) is 32.0 Å². The number of rotatable bonds is 8.